The van der Waals surface area contributed by atoms with Gasteiger partial charge in [-0.15, -0.1) is 0 Å². The Bertz CT molecular complexity index is 1110. The minimum Gasteiger partial charge on any atom is -0.435 e. The molecule has 0 atom stereocenters. The second-order valence-corrected chi connectivity index (χ2v) is 7.74. The molecule has 2 heterocycles. The molecule has 1 saturated heterocycles. The molecule has 30 heavy (non-hydrogen) atoms. The summed E-state index contributed by atoms with van der Waals surface area (Å²) in [5, 5.41) is 0.800. The third-order valence-electron chi connectivity index (χ3n) is 4.85. The number of nitrogens with zero attached hydrogens (tertiary/aromatic N) is 3. The average Bonchev–Trinajstić information content (AvgIpc) is 3.28. The number of alkyl halides is 2. The van der Waals surface area contributed by atoms with Gasteiger partial charge in [0.15, 0.2) is 5.16 Å². The number of halogens is 2. The van der Waals surface area contributed by atoms with E-state index in [2.05, 4.69) is 9.72 Å². The van der Waals surface area contributed by atoms with E-state index in [4.69, 9.17) is 0 Å². The first-order chi connectivity index (χ1) is 14.5. The molecule has 1 aromatic heterocycles. The maximum Gasteiger partial charge on any atom is 0.387 e. The Hall–Kier alpha value is -2.94. The Kier molecular flexibility index (Phi) is 5.98. The van der Waals surface area contributed by atoms with Gasteiger partial charge in [0.25, 0.3) is 5.56 Å². The average molecular weight is 431 g/mol. The normalized spacial score (nSPS) is 13.9. The van der Waals surface area contributed by atoms with Crippen LogP contribution in [0.5, 0.6) is 5.75 Å². The summed E-state index contributed by atoms with van der Waals surface area (Å²) in [7, 11) is 0. The predicted octanol–water partition coefficient (Wildman–Crippen LogP) is 3.70. The minimum absolute atomic E-state index is 0.00559. The number of likely N-dealkylation sites (tertiary alicyclic amines) is 1. The van der Waals surface area contributed by atoms with Crippen LogP contribution in [-0.2, 0) is 4.79 Å². The van der Waals surface area contributed by atoms with Crippen LogP contribution in [0.15, 0.2) is 58.5 Å². The largest absolute Gasteiger partial charge is 0.435 e. The highest BCUT2D eigenvalue weighted by Gasteiger charge is 2.20. The molecule has 0 saturated carbocycles. The van der Waals surface area contributed by atoms with Gasteiger partial charge in [0.2, 0.25) is 5.91 Å². The molecular formula is C21H19F2N3O3S. The molecule has 2 aromatic carbocycles. The van der Waals surface area contributed by atoms with Crippen LogP contribution in [0.4, 0.5) is 8.78 Å². The van der Waals surface area contributed by atoms with E-state index in [1.807, 2.05) is 4.90 Å². The van der Waals surface area contributed by atoms with E-state index in [-0.39, 0.29) is 23.0 Å². The van der Waals surface area contributed by atoms with Gasteiger partial charge in [-0.2, -0.15) is 8.78 Å². The van der Waals surface area contributed by atoms with Gasteiger partial charge in [-0.1, -0.05) is 23.9 Å². The molecule has 1 amide bonds. The molecule has 9 heteroatoms. The number of ether oxygens (including phenoxy) is 1. The van der Waals surface area contributed by atoms with Crippen molar-refractivity contribution in [2.45, 2.75) is 24.6 Å². The van der Waals surface area contributed by atoms with Gasteiger partial charge in [-0.25, -0.2) is 4.98 Å². The van der Waals surface area contributed by atoms with Crippen molar-refractivity contribution >= 4 is 28.6 Å². The van der Waals surface area contributed by atoms with Crippen LogP contribution in [0.1, 0.15) is 12.8 Å². The zero-order valence-corrected chi connectivity index (χ0v) is 16.8. The number of benzene rings is 2. The molecular weight excluding hydrogens is 412 g/mol. The fourth-order valence-corrected chi connectivity index (χ4v) is 4.31. The Morgan fingerprint density at radius 3 is 2.50 bits per heavy atom. The Labute approximate surface area is 175 Å². The molecule has 1 aliphatic rings. The van der Waals surface area contributed by atoms with Gasteiger partial charge >= 0.3 is 6.61 Å². The third-order valence-corrected chi connectivity index (χ3v) is 5.77. The van der Waals surface area contributed by atoms with E-state index in [9.17, 15) is 18.4 Å². The second-order valence-electron chi connectivity index (χ2n) is 6.80. The second kappa shape index (κ2) is 8.83. The predicted molar refractivity (Wildman–Crippen MR) is 111 cm³/mol. The minimum atomic E-state index is -2.93. The first-order valence-corrected chi connectivity index (χ1v) is 10.5. The lowest BCUT2D eigenvalue weighted by Crippen LogP contribution is -2.29. The number of carbonyl (C=O) groups excluding carboxylic acids is 1. The maximum absolute atomic E-state index is 13.2. The number of para-hydroxylation sites is 1. The highest BCUT2D eigenvalue weighted by molar-refractivity contribution is 7.99. The summed E-state index contributed by atoms with van der Waals surface area (Å²) < 4.78 is 30.6. The maximum atomic E-state index is 13.2. The van der Waals surface area contributed by atoms with Crippen molar-refractivity contribution in [2.75, 3.05) is 18.8 Å². The Balaban J connectivity index is 1.70. The highest BCUT2D eigenvalue weighted by atomic mass is 32.2. The molecule has 1 aliphatic heterocycles. The van der Waals surface area contributed by atoms with Crippen LogP contribution < -0.4 is 10.3 Å². The van der Waals surface area contributed by atoms with Gasteiger partial charge in [0, 0.05) is 13.1 Å². The molecule has 0 radical (unpaired) electrons. The Morgan fingerprint density at radius 1 is 1.10 bits per heavy atom. The van der Waals surface area contributed by atoms with Gasteiger partial charge < -0.3 is 9.64 Å². The molecule has 0 N–H and O–H groups in total. The van der Waals surface area contributed by atoms with Crippen LogP contribution >= 0.6 is 11.8 Å². The number of thioether (sulfide) groups is 1. The standard InChI is InChI=1S/C21H19F2N3O3S/c22-20(23)29-15-9-7-14(8-10-15)26-19(28)16-5-1-2-6-17(16)24-21(26)30-13-18(27)25-11-3-4-12-25/h1-2,5-10,20H,3-4,11-13H2. The lowest BCUT2D eigenvalue weighted by molar-refractivity contribution is -0.127. The molecule has 1 fully saturated rings. The van der Waals surface area contributed by atoms with Crippen molar-refractivity contribution in [3.05, 3.63) is 58.9 Å². The van der Waals surface area contributed by atoms with E-state index in [0.29, 0.717) is 21.7 Å². The molecule has 0 bridgehead atoms. The van der Waals surface area contributed by atoms with Gasteiger partial charge in [-0.3, -0.25) is 14.2 Å². The summed E-state index contributed by atoms with van der Waals surface area (Å²) in [5.41, 5.74) is 0.697. The molecule has 0 aliphatic carbocycles. The van der Waals surface area contributed by atoms with Crippen molar-refractivity contribution in [1.29, 1.82) is 0 Å². The fourth-order valence-electron chi connectivity index (χ4n) is 3.40. The van der Waals surface area contributed by atoms with Crippen molar-refractivity contribution in [1.82, 2.24) is 14.5 Å². The van der Waals surface area contributed by atoms with E-state index in [1.54, 1.807) is 24.3 Å². The van der Waals surface area contributed by atoms with E-state index in [1.165, 1.54) is 40.6 Å². The van der Waals surface area contributed by atoms with Crippen molar-refractivity contribution in [3.63, 3.8) is 0 Å². The highest BCUT2D eigenvalue weighted by Crippen LogP contribution is 2.24. The quantitative estimate of drug-likeness (QED) is 0.440. The number of fused-ring (bicyclic) bond motifs is 1. The van der Waals surface area contributed by atoms with E-state index in [0.717, 1.165) is 25.9 Å². The van der Waals surface area contributed by atoms with Crippen LogP contribution in [0.3, 0.4) is 0 Å². The smallest absolute Gasteiger partial charge is 0.387 e. The van der Waals surface area contributed by atoms with E-state index < -0.39 is 6.61 Å². The molecule has 0 spiro atoms. The summed E-state index contributed by atoms with van der Waals surface area (Å²) in [5.74, 6) is 0.165. The number of rotatable bonds is 6. The lowest BCUT2D eigenvalue weighted by atomic mass is 10.2. The number of hydrogen-bond acceptors (Lipinski definition) is 5. The summed E-state index contributed by atoms with van der Waals surface area (Å²) in [6, 6.07) is 12.7. The number of carbonyl (C=O) groups is 1. The lowest BCUT2D eigenvalue weighted by Gasteiger charge is -2.16. The number of hydrogen-bond donors (Lipinski definition) is 0. The summed E-state index contributed by atoms with van der Waals surface area (Å²) in [4.78, 5) is 32.0. The molecule has 6 nitrogen and oxygen atoms in total. The van der Waals surface area contributed by atoms with Crippen LogP contribution in [0.2, 0.25) is 0 Å². The summed E-state index contributed by atoms with van der Waals surface area (Å²) in [6.45, 7) is -1.42. The zero-order valence-electron chi connectivity index (χ0n) is 16.0. The van der Waals surface area contributed by atoms with Crippen molar-refractivity contribution in [3.8, 4) is 11.4 Å². The fraction of sp³-hybridized carbons (Fsp3) is 0.286. The summed E-state index contributed by atoms with van der Waals surface area (Å²) in [6.07, 6.45) is 2.00. The SMILES string of the molecule is O=C(CSc1nc2ccccc2c(=O)n1-c1ccc(OC(F)F)cc1)N1CCCC1. The van der Waals surface area contributed by atoms with E-state index >= 15 is 0 Å². The molecule has 0 unspecified atom stereocenters. The van der Waals surface area contributed by atoms with Gasteiger partial charge in [0.05, 0.1) is 22.3 Å². The molecule has 4 rings (SSSR count). The molecule has 3 aromatic rings. The molecule has 156 valence electrons. The topological polar surface area (TPSA) is 64.4 Å². The van der Waals surface area contributed by atoms with Crippen LogP contribution in [-0.4, -0.2) is 45.8 Å². The summed E-state index contributed by atoms with van der Waals surface area (Å²) >= 11 is 1.19. The van der Waals surface area contributed by atoms with Crippen LogP contribution in [0, 0.1) is 0 Å². The Morgan fingerprint density at radius 2 is 1.80 bits per heavy atom. The first-order valence-electron chi connectivity index (χ1n) is 9.50. The zero-order chi connectivity index (χ0) is 21.1. The van der Waals surface area contributed by atoms with Crippen LogP contribution in [0.25, 0.3) is 16.6 Å². The third kappa shape index (κ3) is 4.30. The monoisotopic (exact) mass is 431 g/mol. The number of aromatic nitrogens is 2. The first kappa shape index (κ1) is 20.3. The van der Waals surface area contributed by atoms with Crippen molar-refractivity contribution in [2.24, 2.45) is 0 Å². The number of amides is 1. The van der Waals surface area contributed by atoms with Crippen molar-refractivity contribution < 1.29 is 18.3 Å². The van der Waals surface area contributed by atoms with Gasteiger partial charge in [-0.05, 0) is 49.2 Å². The van der Waals surface area contributed by atoms with Gasteiger partial charge in [0.1, 0.15) is 5.75 Å².